The third-order valence-electron chi connectivity index (χ3n) is 2.08. The minimum absolute atomic E-state index is 0.00292. The number of nitrogen functional groups attached to an aromatic ring is 1. The number of hydrogen-bond donors (Lipinski definition) is 1. The molecule has 82 valence electrons. The molecule has 0 unspecified atom stereocenters. The van der Waals surface area contributed by atoms with Crippen LogP contribution in [0.25, 0.3) is 0 Å². The van der Waals surface area contributed by atoms with Crippen molar-refractivity contribution in [2.75, 3.05) is 5.73 Å². The van der Waals surface area contributed by atoms with Crippen LogP contribution in [0, 0.1) is 0 Å². The molecule has 0 spiro atoms. The van der Waals surface area contributed by atoms with Crippen LogP contribution in [0.3, 0.4) is 0 Å². The highest BCUT2D eigenvalue weighted by atomic mass is 79.9. The summed E-state index contributed by atoms with van der Waals surface area (Å²) in [7, 11) is 0. The quantitative estimate of drug-likeness (QED) is 0.886. The van der Waals surface area contributed by atoms with Crippen molar-refractivity contribution in [1.29, 1.82) is 0 Å². The fourth-order valence-electron chi connectivity index (χ4n) is 1.26. The van der Waals surface area contributed by atoms with E-state index >= 15 is 0 Å². The lowest BCUT2D eigenvalue weighted by atomic mass is 10.2. The standard InChI is InChI=1S/C11H9BrN2OS/c12-8-3-4-16-11(8)5-10(15)9-2-1-7(13)6-14-9/h1-4,6H,5,13H2. The van der Waals surface area contributed by atoms with Gasteiger partial charge in [0, 0.05) is 15.8 Å². The van der Waals surface area contributed by atoms with Crippen LogP contribution < -0.4 is 5.73 Å². The van der Waals surface area contributed by atoms with Gasteiger partial charge >= 0.3 is 0 Å². The average Bonchev–Trinajstić information content (AvgIpc) is 2.65. The Labute approximate surface area is 105 Å². The maximum absolute atomic E-state index is 11.9. The Bertz CT molecular complexity index is 507. The molecule has 0 fully saturated rings. The fourth-order valence-corrected chi connectivity index (χ4v) is 2.75. The van der Waals surface area contributed by atoms with Crippen LogP contribution in [0.15, 0.2) is 34.2 Å². The molecule has 2 rings (SSSR count). The summed E-state index contributed by atoms with van der Waals surface area (Å²) < 4.78 is 0.973. The van der Waals surface area contributed by atoms with Crippen molar-refractivity contribution in [2.24, 2.45) is 0 Å². The van der Waals surface area contributed by atoms with Crippen LogP contribution in [0.1, 0.15) is 15.4 Å². The van der Waals surface area contributed by atoms with E-state index in [4.69, 9.17) is 5.73 Å². The molecule has 0 saturated heterocycles. The number of carbonyl (C=O) groups is 1. The lowest BCUT2D eigenvalue weighted by molar-refractivity contribution is 0.0989. The second kappa shape index (κ2) is 4.76. The first-order valence-corrected chi connectivity index (χ1v) is 6.30. The number of nitrogens with two attached hydrogens (primary N) is 1. The Morgan fingerprint density at radius 3 is 2.81 bits per heavy atom. The average molecular weight is 297 g/mol. The highest BCUT2D eigenvalue weighted by Gasteiger charge is 2.11. The number of halogens is 1. The first kappa shape index (κ1) is 11.3. The van der Waals surface area contributed by atoms with Crippen molar-refractivity contribution in [3.63, 3.8) is 0 Å². The van der Waals surface area contributed by atoms with E-state index in [1.807, 2.05) is 11.4 Å². The SMILES string of the molecule is Nc1ccc(C(=O)Cc2sccc2Br)nc1. The van der Waals surface area contributed by atoms with Crippen LogP contribution in [0.4, 0.5) is 5.69 Å². The summed E-state index contributed by atoms with van der Waals surface area (Å²) in [4.78, 5) is 16.9. The van der Waals surface area contributed by atoms with Gasteiger partial charge < -0.3 is 5.73 Å². The zero-order valence-corrected chi connectivity index (χ0v) is 10.7. The summed E-state index contributed by atoms with van der Waals surface area (Å²) in [6.07, 6.45) is 1.87. The van der Waals surface area contributed by atoms with Gasteiger partial charge in [-0.05, 0) is 39.5 Å². The lowest BCUT2D eigenvalue weighted by Gasteiger charge is -1.99. The molecule has 5 heteroatoms. The molecule has 2 aromatic rings. The number of nitrogens with zero attached hydrogens (tertiary/aromatic N) is 1. The second-order valence-electron chi connectivity index (χ2n) is 3.27. The molecular weight excluding hydrogens is 288 g/mol. The molecule has 0 bridgehead atoms. The highest BCUT2D eigenvalue weighted by Crippen LogP contribution is 2.23. The first-order chi connectivity index (χ1) is 7.66. The Kier molecular flexibility index (Phi) is 3.36. The topological polar surface area (TPSA) is 56.0 Å². The summed E-state index contributed by atoms with van der Waals surface area (Å²) >= 11 is 4.95. The molecule has 0 aromatic carbocycles. The van der Waals surface area contributed by atoms with Crippen molar-refractivity contribution in [3.05, 3.63) is 44.8 Å². The van der Waals surface area contributed by atoms with Gasteiger partial charge in [0.25, 0.3) is 0 Å². The molecule has 0 radical (unpaired) electrons. The molecule has 3 nitrogen and oxygen atoms in total. The molecule has 0 aliphatic heterocycles. The van der Waals surface area contributed by atoms with Crippen LogP contribution >= 0.6 is 27.3 Å². The van der Waals surface area contributed by atoms with Crippen molar-refractivity contribution in [2.45, 2.75) is 6.42 Å². The second-order valence-corrected chi connectivity index (χ2v) is 5.12. The number of hydrogen-bond acceptors (Lipinski definition) is 4. The number of anilines is 1. The molecule has 0 amide bonds. The molecule has 16 heavy (non-hydrogen) atoms. The predicted octanol–water partition coefficient (Wildman–Crippen LogP) is 2.91. The first-order valence-electron chi connectivity index (χ1n) is 4.63. The number of thiophene rings is 1. The molecule has 2 aromatic heterocycles. The molecule has 2 N–H and O–H groups in total. The van der Waals surface area contributed by atoms with Gasteiger partial charge in [-0.25, -0.2) is 0 Å². The van der Waals surface area contributed by atoms with E-state index in [2.05, 4.69) is 20.9 Å². The van der Waals surface area contributed by atoms with Crippen molar-refractivity contribution in [1.82, 2.24) is 4.98 Å². The van der Waals surface area contributed by atoms with Gasteiger partial charge in [0.1, 0.15) is 5.69 Å². The van der Waals surface area contributed by atoms with Crippen LogP contribution in [0.2, 0.25) is 0 Å². The number of aromatic nitrogens is 1. The fraction of sp³-hybridized carbons (Fsp3) is 0.0909. The van der Waals surface area contributed by atoms with Crippen LogP contribution in [-0.4, -0.2) is 10.8 Å². The zero-order chi connectivity index (χ0) is 11.5. The van der Waals surface area contributed by atoms with Gasteiger partial charge in [0.15, 0.2) is 5.78 Å². The summed E-state index contributed by atoms with van der Waals surface area (Å²) in [5.74, 6) is 0.00292. The predicted molar refractivity (Wildman–Crippen MR) is 68.7 cm³/mol. The Balaban J connectivity index is 2.15. The Morgan fingerprint density at radius 2 is 2.25 bits per heavy atom. The monoisotopic (exact) mass is 296 g/mol. The molecule has 0 atom stereocenters. The van der Waals surface area contributed by atoms with Crippen LogP contribution in [-0.2, 0) is 6.42 Å². The van der Waals surface area contributed by atoms with E-state index in [9.17, 15) is 4.79 Å². The lowest BCUT2D eigenvalue weighted by Crippen LogP contribution is -2.05. The molecular formula is C11H9BrN2OS. The summed E-state index contributed by atoms with van der Waals surface area (Å²) in [5, 5.41) is 1.95. The molecule has 0 saturated carbocycles. The van der Waals surface area contributed by atoms with Gasteiger partial charge in [0.2, 0.25) is 0 Å². The summed E-state index contributed by atoms with van der Waals surface area (Å²) in [6, 6.07) is 5.27. The van der Waals surface area contributed by atoms with Gasteiger partial charge in [-0.15, -0.1) is 11.3 Å². The van der Waals surface area contributed by atoms with Crippen molar-refractivity contribution < 1.29 is 4.79 Å². The van der Waals surface area contributed by atoms with E-state index in [1.165, 1.54) is 6.20 Å². The van der Waals surface area contributed by atoms with Crippen molar-refractivity contribution in [3.8, 4) is 0 Å². The summed E-state index contributed by atoms with van der Waals surface area (Å²) in [5.41, 5.74) is 6.52. The van der Waals surface area contributed by atoms with E-state index in [1.54, 1.807) is 23.5 Å². The van der Waals surface area contributed by atoms with Gasteiger partial charge in [-0.2, -0.15) is 0 Å². The van der Waals surface area contributed by atoms with Crippen LogP contribution in [0.5, 0.6) is 0 Å². The number of carbonyl (C=O) groups excluding carboxylic acids is 1. The number of pyridine rings is 1. The van der Waals surface area contributed by atoms with Gasteiger partial charge in [0.05, 0.1) is 11.9 Å². The largest absolute Gasteiger partial charge is 0.397 e. The normalized spacial score (nSPS) is 10.3. The maximum atomic E-state index is 11.9. The Morgan fingerprint density at radius 1 is 1.44 bits per heavy atom. The summed E-state index contributed by atoms with van der Waals surface area (Å²) in [6.45, 7) is 0. The van der Waals surface area contributed by atoms with E-state index in [-0.39, 0.29) is 5.78 Å². The minimum atomic E-state index is 0.00292. The maximum Gasteiger partial charge on any atom is 0.186 e. The third kappa shape index (κ3) is 2.48. The van der Waals surface area contributed by atoms with E-state index in [0.717, 1.165) is 9.35 Å². The smallest absolute Gasteiger partial charge is 0.186 e. The molecule has 0 aliphatic carbocycles. The van der Waals surface area contributed by atoms with E-state index < -0.39 is 0 Å². The number of Topliss-reactive ketones (excluding diaryl/α,β-unsaturated/α-hetero) is 1. The van der Waals surface area contributed by atoms with E-state index in [0.29, 0.717) is 17.8 Å². The highest BCUT2D eigenvalue weighted by molar-refractivity contribution is 9.10. The van der Waals surface area contributed by atoms with Gasteiger partial charge in [-0.1, -0.05) is 0 Å². The molecule has 2 heterocycles. The third-order valence-corrected chi connectivity index (χ3v) is 4.01. The molecule has 0 aliphatic rings. The number of ketones is 1. The minimum Gasteiger partial charge on any atom is -0.397 e. The zero-order valence-electron chi connectivity index (χ0n) is 8.31. The number of rotatable bonds is 3. The Hall–Kier alpha value is -1.20. The van der Waals surface area contributed by atoms with Gasteiger partial charge in [-0.3, -0.25) is 9.78 Å². The van der Waals surface area contributed by atoms with Crippen molar-refractivity contribution >= 4 is 38.7 Å².